The van der Waals surface area contributed by atoms with E-state index in [4.69, 9.17) is 0 Å². The van der Waals surface area contributed by atoms with Gasteiger partial charge in [-0.05, 0) is 26.4 Å². The fourth-order valence-electron chi connectivity index (χ4n) is 2.81. The third kappa shape index (κ3) is 3.67. The molecule has 2 aliphatic rings. The van der Waals surface area contributed by atoms with Crippen molar-refractivity contribution in [2.45, 2.75) is 18.9 Å². The molecule has 1 amide bonds. The van der Waals surface area contributed by atoms with Gasteiger partial charge in [0, 0.05) is 45.8 Å². The molecule has 0 aromatic carbocycles. The molecule has 5 heteroatoms. The normalized spacial score (nSPS) is 26.4. The zero-order valence-corrected chi connectivity index (χ0v) is 11.7. The Bertz CT molecular complexity index is 278. The van der Waals surface area contributed by atoms with Gasteiger partial charge in [0.05, 0.1) is 6.54 Å². The maximum absolute atomic E-state index is 12.2. The predicted molar refractivity (Wildman–Crippen MR) is 72.6 cm³/mol. The summed E-state index contributed by atoms with van der Waals surface area (Å²) in [5.41, 5.74) is 0. The molecule has 0 radical (unpaired) electrons. The molecular weight excluding hydrogens is 228 g/mol. The molecule has 2 fully saturated rings. The molecule has 2 aliphatic heterocycles. The molecule has 0 spiro atoms. The fourth-order valence-corrected chi connectivity index (χ4v) is 2.81. The molecule has 2 rings (SSSR count). The minimum absolute atomic E-state index is 0.261. The summed E-state index contributed by atoms with van der Waals surface area (Å²) >= 11 is 0. The number of nitrogens with zero attached hydrogens (tertiary/aromatic N) is 3. The highest BCUT2D eigenvalue weighted by atomic mass is 16.2. The number of rotatable bonds is 4. The van der Waals surface area contributed by atoms with Crippen LogP contribution in [0.2, 0.25) is 0 Å². The first-order chi connectivity index (χ1) is 8.66. The summed E-state index contributed by atoms with van der Waals surface area (Å²) in [5.74, 6) is 0.261. The van der Waals surface area contributed by atoms with E-state index in [2.05, 4.69) is 22.2 Å². The summed E-state index contributed by atoms with van der Waals surface area (Å²) in [5, 5.41) is 3.31. The number of hydrogen-bond acceptors (Lipinski definition) is 4. The summed E-state index contributed by atoms with van der Waals surface area (Å²) in [6.45, 7) is 6.61. The van der Waals surface area contributed by atoms with Gasteiger partial charge in [0.1, 0.15) is 0 Å². The molecule has 18 heavy (non-hydrogen) atoms. The van der Waals surface area contributed by atoms with E-state index in [1.165, 1.54) is 19.4 Å². The molecule has 0 aromatic rings. The average molecular weight is 254 g/mol. The third-order valence-corrected chi connectivity index (χ3v) is 4.15. The highest BCUT2D eigenvalue weighted by Crippen LogP contribution is 2.15. The van der Waals surface area contributed by atoms with Crippen LogP contribution < -0.4 is 5.32 Å². The smallest absolute Gasteiger partial charge is 0.236 e. The van der Waals surface area contributed by atoms with Crippen LogP contribution in [-0.4, -0.2) is 86.6 Å². The van der Waals surface area contributed by atoms with Crippen LogP contribution in [0.25, 0.3) is 0 Å². The van der Waals surface area contributed by atoms with Crippen molar-refractivity contribution in [2.24, 2.45) is 0 Å². The maximum atomic E-state index is 12.2. The van der Waals surface area contributed by atoms with Gasteiger partial charge in [0.25, 0.3) is 0 Å². The van der Waals surface area contributed by atoms with Gasteiger partial charge in [-0.25, -0.2) is 0 Å². The fraction of sp³-hybridized carbons (Fsp3) is 0.923. The summed E-state index contributed by atoms with van der Waals surface area (Å²) in [7, 11) is 4.10. The van der Waals surface area contributed by atoms with Gasteiger partial charge < -0.3 is 15.1 Å². The van der Waals surface area contributed by atoms with Gasteiger partial charge in [-0.1, -0.05) is 0 Å². The highest BCUT2D eigenvalue weighted by Gasteiger charge is 2.24. The second-order valence-electron chi connectivity index (χ2n) is 5.58. The van der Waals surface area contributed by atoms with Crippen LogP contribution in [0.15, 0.2) is 0 Å². The molecule has 0 aliphatic carbocycles. The Morgan fingerprint density at radius 3 is 2.67 bits per heavy atom. The first-order valence-corrected chi connectivity index (χ1v) is 7.04. The number of likely N-dealkylation sites (tertiary alicyclic amines) is 1. The van der Waals surface area contributed by atoms with E-state index < -0.39 is 0 Å². The number of hydrogen-bond donors (Lipinski definition) is 1. The molecule has 0 aromatic heterocycles. The number of carbonyl (C=O) groups is 1. The third-order valence-electron chi connectivity index (χ3n) is 4.15. The number of amides is 1. The molecule has 5 nitrogen and oxygen atoms in total. The minimum atomic E-state index is 0.261. The molecule has 0 saturated carbocycles. The van der Waals surface area contributed by atoms with E-state index in [1.807, 2.05) is 11.9 Å². The lowest BCUT2D eigenvalue weighted by Gasteiger charge is -2.30. The van der Waals surface area contributed by atoms with E-state index in [9.17, 15) is 4.79 Å². The van der Waals surface area contributed by atoms with Gasteiger partial charge in [-0.3, -0.25) is 9.69 Å². The predicted octanol–water partition coefficient (Wildman–Crippen LogP) is -0.556. The summed E-state index contributed by atoms with van der Waals surface area (Å²) in [4.78, 5) is 18.7. The molecule has 1 atom stereocenters. The Labute approximate surface area is 110 Å². The second-order valence-corrected chi connectivity index (χ2v) is 5.58. The Kier molecular flexibility index (Phi) is 4.97. The first kappa shape index (κ1) is 13.8. The van der Waals surface area contributed by atoms with Crippen molar-refractivity contribution in [3.8, 4) is 0 Å². The van der Waals surface area contributed by atoms with Gasteiger partial charge in [-0.15, -0.1) is 0 Å². The van der Waals surface area contributed by atoms with Crippen LogP contribution >= 0.6 is 0 Å². The van der Waals surface area contributed by atoms with Crippen LogP contribution in [0, 0.1) is 0 Å². The molecular formula is C13H26N4O. The lowest BCUT2D eigenvalue weighted by atomic mass is 10.2. The number of likely N-dealkylation sites (N-methyl/N-ethyl adjacent to an activating group) is 2. The van der Waals surface area contributed by atoms with Crippen molar-refractivity contribution in [1.29, 1.82) is 0 Å². The number of carbonyl (C=O) groups excluding carboxylic acids is 1. The number of nitrogens with one attached hydrogen (secondary N) is 1. The number of piperazine rings is 1. The van der Waals surface area contributed by atoms with Gasteiger partial charge in [0.2, 0.25) is 5.91 Å². The van der Waals surface area contributed by atoms with Crippen molar-refractivity contribution >= 4 is 5.91 Å². The van der Waals surface area contributed by atoms with E-state index in [-0.39, 0.29) is 5.91 Å². The first-order valence-electron chi connectivity index (χ1n) is 7.04. The minimum Gasteiger partial charge on any atom is -0.343 e. The second kappa shape index (κ2) is 6.50. The maximum Gasteiger partial charge on any atom is 0.236 e. The van der Waals surface area contributed by atoms with Crippen LogP contribution in [0.3, 0.4) is 0 Å². The zero-order chi connectivity index (χ0) is 13.0. The van der Waals surface area contributed by atoms with Crippen molar-refractivity contribution in [1.82, 2.24) is 20.0 Å². The van der Waals surface area contributed by atoms with Crippen LogP contribution in [0.4, 0.5) is 0 Å². The van der Waals surface area contributed by atoms with Gasteiger partial charge in [0.15, 0.2) is 0 Å². The molecule has 0 bridgehead atoms. The van der Waals surface area contributed by atoms with Gasteiger partial charge >= 0.3 is 0 Å². The van der Waals surface area contributed by atoms with E-state index in [0.29, 0.717) is 12.6 Å². The van der Waals surface area contributed by atoms with Crippen molar-refractivity contribution < 1.29 is 4.79 Å². The molecule has 2 saturated heterocycles. The van der Waals surface area contributed by atoms with E-state index in [0.717, 1.165) is 32.7 Å². The Morgan fingerprint density at radius 2 is 2.06 bits per heavy atom. The summed E-state index contributed by atoms with van der Waals surface area (Å²) in [6, 6.07) is 0.557. The Balaban J connectivity index is 1.73. The zero-order valence-electron chi connectivity index (χ0n) is 11.7. The highest BCUT2D eigenvalue weighted by molar-refractivity contribution is 5.78. The summed E-state index contributed by atoms with van der Waals surface area (Å²) < 4.78 is 0. The Hall–Kier alpha value is -0.650. The van der Waals surface area contributed by atoms with Crippen LogP contribution in [0.1, 0.15) is 12.8 Å². The van der Waals surface area contributed by atoms with E-state index in [1.54, 1.807) is 0 Å². The largest absolute Gasteiger partial charge is 0.343 e. The molecule has 1 unspecified atom stereocenters. The molecule has 1 N–H and O–H groups in total. The molecule has 2 heterocycles. The quantitative estimate of drug-likeness (QED) is 0.730. The van der Waals surface area contributed by atoms with Crippen molar-refractivity contribution in [2.75, 3.05) is 59.9 Å². The average Bonchev–Trinajstić information content (AvgIpc) is 2.76. The lowest BCUT2D eigenvalue weighted by molar-refractivity contribution is -0.131. The summed E-state index contributed by atoms with van der Waals surface area (Å²) in [6.07, 6.45) is 2.49. The SMILES string of the molecule is CN(CC1CCCN1C)C(=O)CN1CCNCC1. The van der Waals surface area contributed by atoms with Crippen molar-refractivity contribution in [3.63, 3.8) is 0 Å². The topological polar surface area (TPSA) is 38.8 Å². The molecule has 104 valence electrons. The van der Waals surface area contributed by atoms with Crippen LogP contribution in [-0.2, 0) is 4.79 Å². The van der Waals surface area contributed by atoms with Crippen molar-refractivity contribution in [3.05, 3.63) is 0 Å². The monoisotopic (exact) mass is 254 g/mol. The lowest BCUT2D eigenvalue weighted by Crippen LogP contribution is -2.49. The van der Waals surface area contributed by atoms with Crippen LogP contribution in [0.5, 0.6) is 0 Å². The van der Waals surface area contributed by atoms with Gasteiger partial charge in [-0.2, -0.15) is 0 Å². The van der Waals surface area contributed by atoms with E-state index >= 15 is 0 Å². The Morgan fingerprint density at radius 1 is 1.33 bits per heavy atom. The standard InChI is InChI=1S/C13H26N4O/c1-15-7-3-4-12(15)10-16(2)13(18)11-17-8-5-14-6-9-17/h12,14H,3-11H2,1-2H3.